The number of nitrogens with one attached hydrogen (secondary N) is 1. The van der Waals surface area contributed by atoms with Crippen LogP contribution in [0, 0.1) is 0 Å². The molecule has 0 spiro atoms. The van der Waals surface area contributed by atoms with E-state index in [0.717, 1.165) is 25.1 Å². The lowest BCUT2D eigenvalue weighted by Gasteiger charge is -2.08. The van der Waals surface area contributed by atoms with Crippen molar-refractivity contribution in [1.29, 1.82) is 0 Å². The van der Waals surface area contributed by atoms with Crippen LogP contribution in [0.5, 0.6) is 0 Å². The molecule has 126 valence electrons. The third-order valence-electron chi connectivity index (χ3n) is 4.03. The van der Waals surface area contributed by atoms with Gasteiger partial charge in [0.05, 0.1) is 6.61 Å². The van der Waals surface area contributed by atoms with Crippen molar-refractivity contribution in [3.05, 3.63) is 77.9 Å². The van der Waals surface area contributed by atoms with E-state index in [1.807, 2.05) is 12.1 Å². The molecule has 0 unspecified atom stereocenters. The third kappa shape index (κ3) is 6.05. The zero-order chi connectivity index (χ0) is 17.2. The van der Waals surface area contributed by atoms with Crippen molar-refractivity contribution in [2.24, 2.45) is 0 Å². The molecule has 0 aromatic heterocycles. The Morgan fingerprint density at radius 1 is 0.875 bits per heavy atom. The van der Waals surface area contributed by atoms with Crippen molar-refractivity contribution in [1.82, 2.24) is 0 Å². The largest absolute Gasteiger partial charge is 0.392 e. The Bertz CT molecular complexity index is 669. The Hall–Kier alpha value is -2.32. The van der Waals surface area contributed by atoms with Crippen molar-refractivity contribution in [2.45, 2.75) is 26.7 Å². The molecular formula is C22H27NO. The van der Waals surface area contributed by atoms with E-state index in [-0.39, 0.29) is 6.61 Å². The fourth-order valence-corrected chi connectivity index (χ4v) is 2.53. The fraction of sp³-hybridized carbons (Fsp3) is 0.273. The second kappa shape index (κ2) is 9.74. The molecule has 24 heavy (non-hydrogen) atoms. The molecule has 0 fully saturated rings. The topological polar surface area (TPSA) is 32.3 Å². The van der Waals surface area contributed by atoms with Gasteiger partial charge in [-0.1, -0.05) is 65.8 Å². The van der Waals surface area contributed by atoms with Crippen LogP contribution in [0.3, 0.4) is 0 Å². The molecule has 0 aliphatic rings. The molecule has 2 aromatic carbocycles. The molecule has 0 saturated heterocycles. The van der Waals surface area contributed by atoms with Crippen molar-refractivity contribution in [2.75, 3.05) is 18.5 Å². The number of aliphatic hydroxyl groups is 1. The molecule has 0 saturated carbocycles. The van der Waals surface area contributed by atoms with Crippen LogP contribution < -0.4 is 5.32 Å². The number of benzene rings is 2. The van der Waals surface area contributed by atoms with Crippen LogP contribution in [0.1, 0.15) is 26.7 Å². The van der Waals surface area contributed by atoms with Crippen LogP contribution in [-0.4, -0.2) is 18.3 Å². The van der Waals surface area contributed by atoms with E-state index < -0.39 is 0 Å². The number of anilines is 1. The van der Waals surface area contributed by atoms with Crippen LogP contribution in [0.2, 0.25) is 0 Å². The van der Waals surface area contributed by atoms with Crippen LogP contribution in [0.15, 0.2) is 77.9 Å². The smallest absolute Gasteiger partial charge is 0.0614 e. The molecule has 2 rings (SSSR count). The molecule has 2 heteroatoms. The SMILES string of the molecule is C/C(=C\CO)CC/C=C(\C)CNc1ccc(-c2ccccc2)cc1. The number of allylic oxidation sites excluding steroid dienone is 2. The Balaban J connectivity index is 1.82. The highest BCUT2D eigenvalue weighted by atomic mass is 16.2. The summed E-state index contributed by atoms with van der Waals surface area (Å²) in [6.07, 6.45) is 6.15. The van der Waals surface area contributed by atoms with E-state index in [2.05, 4.69) is 73.8 Å². The summed E-state index contributed by atoms with van der Waals surface area (Å²) in [5.41, 5.74) is 6.19. The van der Waals surface area contributed by atoms with Crippen molar-refractivity contribution < 1.29 is 5.11 Å². The van der Waals surface area contributed by atoms with Crippen LogP contribution in [-0.2, 0) is 0 Å². The van der Waals surface area contributed by atoms with Gasteiger partial charge in [-0.15, -0.1) is 0 Å². The maximum Gasteiger partial charge on any atom is 0.0614 e. The standard InChI is InChI=1S/C22H27NO/c1-18(15-16-24)7-6-8-19(2)17-23-22-13-11-21(12-14-22)20-9-4-3-5-10-20/h3-5,8-15,23-24H,6-7,16-17H2,1-2H3/b18-15+,19-8+. The molecule has 0 atom stereocenters. The molecule has 0 aliphatic carbocycles. The van der Waals surface area contributed by atoms with Crippen molar-refractivity contribution in [3.8, 4) is 11.1 Å². The maximum absolute atomic E-state index is 8.85. The van der Waals surface area contributed by atoms with E-state index >= 15 is 0 Å². The first-order chi connectivity index (χ1) is 11.7. The zero-order valence-corrected chi connectivity index (χ0v) is 14.6. The van der Waals surface area contributed by atoms with E-state index in [0.29, 0.717) is 0 Å². The van der Waals surface area contributed by atoms with Gasteiger partial charge in [-0.25, -0.2) is 0 Å². The van der Waals surface area contributed by atoms with Gasteiger partial charge >= 0.3 is 0 Å². The van der Waals surface area contributed by atoms with Gasteiger partial charge in [0.2, 0.25) is 0 Å². The number of rotatable bonds is 8. The van der Waals surface area contributed by atoms with Gasteiger partial charge in [-0.3, -0.25) is 0 Å². The monoisotopic (exact) mass is 321 g/mol. The van der Waals surface area contributed by atoms with Gasteiger partial charge < -0.3 is 10.4 Å². The van der Waals surface area contributed by atoms with E-state index in [4.69, 9.17) is 5.11 Å². The minimum Gasteiger partial charge on any atom is -0.392 e. The average molecular weight is 321 g/mol. The predicted octanol–water partition coefficient (Wildman–Crippen LogP) is 5.43. The maximum atomic E-state index is 8.85. The molecule has 2 N–H and O–H groups in total. The van der Waals surface area contributed by atoms with Gasteiger partial charge in [-0.05, 0) is 49.9 Å². The summed E-state index contributed by atoms with van der Waals surface area (Å²) in [6.45, 7) is 5.20. The fourth-order valence-electron chi connectivity index (χ4n) is 2.53. The van der Waals surface area contributed by atoms with Crippen molar-refractivity contribution >= 4 is 5.69 Å². The van der Waals surface area contributed by atoms with E-state index in [1.165, 1.54) is 22.3 Å². The second-order valence-electron chi connectivity index (χ2n) is 6.12. The molecule has 2 nitrogen and oxygen atoms in total. The highest BCUT2D eigenvalue weighted by Crippen LogP contribution is 2.21. The van der Waals surface area contributed by atoms with E-state index in [1.54, 1.807) is 0 Å². The lowest BCUT2D eigenvalue weighted by molar-refractivity contribution is 0.341. The van der Waals surface area contributed by atoms with Gasteiger partial charge in [0.25, 0.3) is 0 Å². The lowest BCUT2D eigenvalue weighted by atomic mass is 10.1. The van der Waals surface area contributed by atoms with Gasteiger partial charge in [0, 0.05) is 12.2 Å². The first kappa shape index (κ1) is 18.0. The van der Waals surface area contributed by atoms with Crippen molar-refractivity contribution in [3.63, 3.8) is 0 Å². The molecule has 0 heterocycles. The summed E-state index contributed by atoms with van der Waals surface area (Å²) in [7, 11) is 0. The van der Waals surface area contributed by atoms with Crippen LogP contribution in [0.4, 0.5) is 5.69 Å². The minimum absolute atomic E-state index is 0.134. The normalized spacial score (nSPS) is 12.3. The molecule has 0 radical (unpaired) electrons. The second-order valence-corrected chi connectivity index (χ2v) is 6.12. The molecular weight excluding hydrogens is 294 g/mol. The zero-order valence-electron chi connectivity index (χ0n) is 14.6. The molecule has 0 amide bonds. The van der Waals surface area contributed by atoms with E-state index in [9.17, 15) is 0 Å². The Kier molecular flexibility index (Phi) is 7.31. The molecule has 2 aromatic rings. The highest BCUT2D eigenvalue weighted by molar-refractivity contribution is 5.65. The van der Waals surface area contributed by atoms with Gasteiger partial charge in [0.15, 0.2) is 0 Å². The van der Waals surface area contributed by atoms with Gasteiger partial charge in [0.1, 0.15) is 0 Å². The minimum atomic E-state index is 0.134. The first-order valence-electron chi connectivity index (χ1n) is 8.50. The Morgan fingerprint density at radius 3 is 2.21 bits per heavy atom. The molecule has 0 aliphatic heterocycles. The van der Waals surface area contributed by atoms with Gasteiger partial charge in [-0.2, -0.15) is 0 Å². The summed E-state index contributed by atoms with van der Waals surface area (Å²) >= 11 is 0. The number of hydrogen-bond acceptors (Lipinski definition) is 2. The summed E-state index contributed by atoms with van der Waals surface area (Å²) in [5.74, 6) is 0. The van der Waals surface area contributed by atoms with Crippen LogP contribution in [0.25, 0.3) is 11.1 Å². The quantitative estimate of drug-likeness (QED) is 0.635. The Labute approximate surface area is 145 Å². The summed E-state index contributed by atoms with van der Waals surface area (Å²) in [4.78, 5) is 0. The first-order valence-corrected chi connectivity index (χ1v) is 8.50. The third-order valence-corrected chi connectivity index (χ3v) is 4.03. The predicted molar refractivity (Wildman–Crippen MR) is 104 cm³/mol. The highest BCUT2D eigenvalue weighted by Gasteiger charge is 1.98. The average Bonchev–Trinajstić information content (AvgIpc) is 2.61. The number of aliphatic hydroxyl groups excluding tert-OH is 1. The Morgan fingerprint density at radius 2 is 1.54 bits per heavy atom. The summed E-state index contributed by atoms with van der Waals surface area (Å²) in [5, 5.41) is 12.3. The molecule has 0 bridgehead atoms. The lowest BCUT2D eigenvalue weighted by Crippen LogP contribution is -2.02. The number of hydrogen-bond donors (Lipinski definition) is 2. The summed E-state index contributed by atoms with van der Waals surface area (Å²) in [6, 6.07) is 19.0. The summed E-state index contributed by atoms with van der Waals surface area (Å²) < 4.78 is 0. The van der Waals surface area contributed by atoms with Crippen LogP contribution >= 0.6 is 0 Å².